The summed E-state index contributed by atoms with van der Waals surface area (Å²) in [6.07, 6.45) is 0.794. The number of rotatable bonds is 5. The topological polar surface area (TPSA) is 87.7 Å². The number of fused-ring (bicyclic) bond motifs is 1. The van der Waals surface area contributed by atoms with E-state index in [1.54, 1.807) is 6.07 Å². The zero-order valence-corrected chi connectivity index (χ0v) is 11.3. The van der Waals surface area contributed by atoms with Crippen LogP contribution in [0.3, 0.4) is 0 Å². The summed E-state index contributed by atoms with van der Waals surface area (Å²) in [6.45, 7) is 0.852. The van der Waals surface area contributed by atoms with Gasteiger partial charge in [0.15, 0.2) is 6.10 Å². The lowest BCUT2D eigenvalue weighted by molar-refractivity contribution is -0.148. The molecular weight excluding hydrogens is 260 g/mol. The minimum atomic E-state index is -1.09. The van der Waals surface area contributed by atoms with Crippen molar-refractivity contribution in [1.82, 2.24) is 5.32 Å². The minimum absolute atomic E-state index is 0.0538. The number of anilines is 1. The number of amides is 1. The number of carbonyl (C=O) groups excluding carboxylic acids is 1. The predicted molar refractivity (Wildman–Crippen MR) is 74.0 cm³/mol. The summed E-state index contributed by atoms with van der Waals surface area (Å²) in [7, 11) is 1.30. The molecule has 6 nitrogen and oxygen atoms in total. The second-order valence-electron chi connectivity index (χ2n) is 4.63. The molecule has 0 saturated carbocycles. The Hall–Kier alpha value is -2.08. The van der Waals surface area contributed by atoms with Crippen LogP contribution in [0.2, 0.25) is 0 Å². The van der Waals surface area contributed by atoms with E-state index < -0.39 is 12.1 Å². The van der Waals surface area contributed by atoms with Crippen molar-refractivity contribution in [3.8, 4) is 0 Å². The van der Waals surface area contributed by atoms with Crippen molar-refractivity contribution in [2.45, 2.75) is 18.9 Å². The highest BCUT2D eigenvalue weighted by Crippen LogP contribution is 2.25. The minimum Gasteiger partial charge on any atom is -0.479 e. The highest BCUT2D eigenvalue weighted by molar-refractivity contribution is 5.97. The molecule has 0 radical (unpaired) electrons. The van der Waals surface area contributed by atoms with Crippen LogP contribution >= 0.6 is 0 Å². The van der Waals surface area contributed by atoms with Gasteiger partial charge in [-0.3, -0.25) is 4.79 Å². The molecule has 0 saturated heterocycles. The van der Waals surface area contributed by atoms with Crippen LogP contribution in [0.25, 0.3) is 0 Å². The van der Waals surface area contributed by atoms with Gasteiger partial charge < -0.3 is 20.5 Å². The summed E-state index contributed by atoms with van der Waals surface area (Å²) in [6, 6.07) is 5.52. The maximum atomic E-state index is 12.2. The number of benzene rings is 1. The average Bonchev–Trinajstić information content (AvgIpc) is 2.46. The zero-order valence-electron chi connectivity index (χ0n) is 11.3. The molecule has 1 aliphatic heterocycles. The SMILES string of the molecule is COC(CNC(=O)c1cccc2c1CCCN2)C(=O)O. The molecule has 1 amide bonds. The molecule has 1 aromatic carbocycles. The maximum Gasteiger partial charge on any atom is 0.334 e. The van der Waals surface area contributed by atoms with Crippen LogP contribution in [0.1, 0.15) is 22.3 Å². The van der Waals surface area contributed by atoms with Gasteiger partial charge in [-0.2, -0.15) is 0 Å². The van der Waals surface area contributed by atoms with Crippen LogP contribution in [-0.2, 0) is 16.0 Å². The Labute approximate surface area is 117 Å². The van der Waals surface area contributed by atoms with Crippen molar-refractivity contribution in [1.29, 1.82) is 0 Å². The Bertz CT molecular complexity index is 516. The van der Waals surface area contributed by atoms with Crippen LogP contribution < -0.4 is 10.6 Å². The standard InChI is InChI=1S/C14H18N2O4/c1-20-12(14(18)19)8-16-13(17)10-4-2-6-11-9(10)5-3-7-15-11/h2,4,6,12,15H,3,5,7-8H2,1H3,(H,16,17)(H,18,19). The van der Waals surface area contributed by atoms with Gasteiger partial charge in [0.05, 0.1) is 6.54 Å². The fraction of sp³-hybridized carbons (Fsp3) is 0.429. The number of aliphatic carboxylic acids is 1. The molecule has 0 aromatic heterocycles. The summed E-state index contributed by atoms with van der Waals surface area (Å²) < 4.78 is 4.78. The van der Waals surface area contributed by atoms with Crippen molar-refractivity contribution >= 4 is 17.6 Å². The van der Waals surface area contributed by atoms with E-state index in [1.807, 2.05) is 12.1 Å². The second kappa shape index (κ2) is 6.38. The van der Waals surface area contributed by atoms with Crippen LogP contribution in [0.5, 0.6) is 0 Å². The number of nitrogens with one attached hydrogen (secondary N) is 2. The van der Waals surface area contributed by atoms with Crippen LogP contribution in [0.15, 0.2) is 18.2 Å². The molecule has 1 atom stereocenters. The van der Waals surface area contributed by atoms with Gasteiger partial charge in [-0.05, 0) is 30.5 Å². The van der Waals surface area contributed by atoms with E-state index in [9.17, 15) is 9.59 Å². The Kier molecular flexibility index (Phi) is 4.57. The smallest absolute Gasteiger partial charge is 0.334 e. The van der Waals surface area contributed by atoms with Crippen molar-refractivity contribution < 1.29 is 19.4 Å². The molecule has 2 rings (SSSR count). The molecule has 0 bridgehead atoms. The van der Waals surface area contributed by atoms with E-state index in [2.05, 4.69) is 10.6 Å². The van der Waals surface area contributed by atoms with Gasteiger partial charge in [-0.1, -0.05) is 6.07 Å². The predicted octanol–water partition coefficient (Wildman–Crippen LogP) is 0.874. The molecule has 1 aliphatic rings. The number of hydrogen-bond acceptors (Lipinski definition) is 4. The molecule has 1 heterocycles. The molecule has 3 N–H and O–H groups in total. The van der Waals surface area contributed by atoms with Crippen LogP contribution in [0.4, 0.5) is 5.69 Å². The van der Waals surface area contributed by atoms with Gasteiger partial charge >= 0.3 is 5.97 Å². The largest absolute Gasteiger partial charge is 0.479 e. The van der Waals surface area contributed by atoms with E-state index in [0.717, 1.165) is 30.6 Å². The maximum absolute atomic E-state index is 12.2. The Balaban J connectivity index is 2.08. The van der Waals surface area contributed by atoms with Crippen molar-refractivity contribution in [3.63, 3.8) is 0 Å². The summed E-state index contributed by atoms with van der Waals surface area (Å²) in [5, 5.41) is 14.7. The van der Waals surface area contributed by atoms with Gasteiger partial charge in [-0.25, -0.2) is 4.79 Å². The lowest BCUT2D eigenvalue weighted by Crippen LogP contribution is -2.38. The van der Waals surface area contributed by atoms with Crippen molar-refractivity contribution in [2.75, 3.05) is 25.5 Å². The molecule has 0 spiro atoms. The van der Waals surface area contributed by atoms with Crippen LogP contribution in [-0.4, -0.2) is 43.3 Å². The average molecular weight is 278 g/mol. The number of ether oxygens (including phenoxy) is 1. The van der Waals surface area contributed by atoms with Gasteiger partial charge in [0.25, 0.3) is 5.91 Å². The van der Waals surface area contributed by atoms with E-state index in [4.69, 9.17) is 9.84 Å². The Morgan fingerprint density at radius 3 is 3.00 bits per heavy atom. The van der Waals surface area contributed by atoms with Crippen LogP contribution in [0, 0.1) is 0 Å². The fourth-order valence-electron chi connectivity index (χ4n) is 2.27. The third-order valence-electron chi connectivity index (χ3n) is 3.35. The summed E-state index contributed by atoms with van der Waals surface area (Å²) in [4.78, 5) is 23.0. The fourth-order valence-corrected chi connectivity index (χ4v) is 2.27. The third kappa shape index (κ3) is 3.08. The molecular formula is C14H18N2O4. The number of methoxy groups -OCH3 is 1. The number of carboxylic acid groups (broad SMARTS) is 1. The van der Waals surface area contributed by atoms with E-state index in [-0.39, 0.29) is 12.5 Å². The van der Waals surface area contributed by atoms with Crippen molar-refractivity contribution in [3.05, 3.63) is 29.3 Å². The van der Waals surface area contributed by atoms with Crippen molar-refractivity contribution in [2.24, 2.45) is 0 Å². The second-order valence-corrected chi connectivity index (χ2v) is 4.63. The zero-order chi connectivity index (χ0) is 14.5. The monoisotopic (exact) mass is 278 g/mol. The highest BCUT2D eigenvalue weighted by Gasteiger charge is 2.20. The molecule has 0 fully saturated rings. The molecule has 20 heavy (non-hydrogen) atoms. The quantitative estimate of drug-likeness (QED) is 0.744. The molecule has 0 aliphatic carbocycles. The first-order chi connectivity index (χ1) is 9.63. The first-order valence-corrected chi connectivity index (χ1v) is 6.53. The molecule has 108 valence electrons. The lowest BCUT2D eigenvalue weighted by Gasteiger charge is -2.21. The molecule has 1 unspecified atom stereocenters. The summed E-state index contributed by atoms with van der Waals surface area (Å²) >= 11 is 0. The number of hydrogen-bond donors (Lipinski definition) is 3. The normalized spacial score (nSPS) is 14.8. The van der Waals surface area contributed by atoms with Gasteiger partial charge in [0.1, 0.15) is 0 Å². The Morgan fingerprint density at radius 2 is 2.30 bits per heavy atom. The first kappa shape index (κ1) is 14.3. The highest BCUT2D eigenvalue weighted by atomic mass is 16.5. The van der Waals surface area contributed by atoms with Gasteiger partial charge in [0.2, 0.25) is 0 Å². The lowest BCUT2D eigenvalue weighted by atomic mass is 9.97. The molecule has 6 heteroatoms. The molecule has 1 aromatic rings. The van der Waals surface area contributed by atoms with E-state index >= 15 is 0 Å². The summed E-state index contributed by atoms with van der Waals surface area (Å²) in [5.41, 5.74) is 2.56. The third-order valence-corrected chi connectivity index (χ3v) is 3.35. The van der Waals surface area contributed by atoms with Gasteiger partial charge in [-0.15, -0.1) is 0 Å². The summed E-state index contributed by atoms with van der Waals surface area (Å²) in [5.74, 6) is -1.36. The van der Waals surface area contributed by atoms with Gasteiger partial charge in [0, 0.05) is 24.9 Å². The first-order valence-electron chi connectivity index (χ1n) is 6.53. The number of carboxylic acids is 1. The van der Waals surface area contributed by atoms with E-state index in [1.165, 1.54) is 7.11 Å². The Morgan fingerprint density at radius 1 is 1.50 bits per heavy atom. The number of carbonyl (C=O) groups is 2. The van der Waals surface area contributed by atoms with E-state index in [0.29, 0.717) is 5.56 Å².